The number of Topliss-reactive ketones (excluding diaryl/α,β-unsaturated/α-hetero) is 2. The van der Waals surface area contributed by atoms with Crippen molar-refractivity contribution in [3.8, 4) is 11.5 Å². The van der Waals surface area contributed by atoms with Gasteiger partial charge in [0.05, 0.1) is 11.4 Å². The number of benzene rings is 4. The number of anilines is 4. The van der Waals surface area contributed by atoms with Gasteiger partial charge in [-0.2, -0.15) is 27.0 Å². The monoisotopic (exact) mass is 949 g/mol. The van der Waals surface area contributed by atoms with E-state index in [1.165, 1.54) is 72.8 Å². The van der Waals surface area contributed by atoms with Crippen LogP contribution < -0.4 is 21.5 Å². The molecule has 6 rings (SSSR count). The number of amides is 2. The predicted molar refractivity (Wildman–Crippen MR) is 230 cm³/mol. The van der Waals surface area contributed by atoms with Crippen LogP contribution in [0.15, 0.2) is 118 Å². The Hall–Kier alpha value is -6.41. The zero-order chi connectivity index (χ0) is 44.1. The van der Waals surface area contributed by atoms with Gasteiger partial charge >= 0.3 is 4.28 Å². The Morgan fingerprint density at radius 1 is 0.623 bits per heavy atom. The minimum absolute atomic E-state index is 0. The molecule has 23 heteroatoms. The molecule has 0 atom stereocenters. The van der Waals surface area contributed by atoms with Crippen molar-refractivity contribution in [1.29, 1.82) is 0 Å². The number of allylic oxidation sites excluding steroid dienone is 2. The average molecular weight is 951 g/mol. The van der Waals surface area contributed by atoms with E-state index in [4.69, 9.17) is 23.2 Å². The van der Waals surface area contributed by atoms with Gasteiger partial charge in [-0.1, -0.05) is 48.5 Å². The van der Waals surface area contributed by atoms with Gasteiger partial charge in [0.2, 0.25) is 23.4 Å². The number of fused-ring (bicyclic) bond motifs is 2. The minimum atomic E-state index is -4.81. The molecule has 0 aliphatic heterocycles. The van der Waals surface area contributed by atoms with Gasteiger partial charge in [0.15, 0.2) is 11.4 Å². The van der Waals surface area contributed by atoms with Crippen molar-refractivity contribution < 1.29 is 77.0 Å². The van der Waals surface area contributed by atoms with Crippen LogP contribution in [0.2, 0.25) is 10.0 Å². The first-order chi connectivity index (χ1) is 28.2. The van der Waals surface area contributed by atoms with Crippen LogP contribution in [0.1, 0.15) is 36.1 Å². The Kier molecular flexibility index (Phi) is 15.0. The average Bonchev–Trinajstić information content (AvgIpc) is 3.19. The van der Waals surface area contributed by atoms with E-state index in [2.05, 4.69) is 44.8 Å². The molecule has 4 aromatic carbocycles. The van der Waals surface area contributed by atoms with Crippen molar-refractivity contribution >= 4 is 113 Å². The number of phenols is 2. The number of halogens is 2. The fraction of sp³-hybridized carbons (Fsp3) is 0. The first-order valence-electron chi connectivity index (χ1n) is 16.5. The SMILES string of the molecule is C=CC(=O)Nc1ccc2c(c1)C(=O)/C(=N\Nc1cc(Cl)ccc1O)C(S(=O)(=O)O)=C2.C=CC(=O)Nc1ccc2c(c1)C(=O)/C(=N\Nc1cc(Cl)ccc1O)C(S(=O)(=O)O)=C2.[Cr].[H+].[H+].[H+]. The first-order valence-corrected chi connectivity index (χ1v) is 20.1. The van der Waals surface area contributed by atoms with Crippen LogP contribution in [-0.4, -0.2) is 71.0 Å². The maximum atomic E-state index is 12.9. The summed E-state index contributed by atoms with van der Waals surface area (Å²) in [4.78, 5) is 47.4. The molecule has 0 unspecified atom stereocenters. The molecule has 2 aliphatic carbocycles. The summed E-state index contributed by atoms with van der Waals surface area (Å²) in [5, 5.41) is 32.7. The molecule has 0 radical (unpaired) electrons. The number of carbonyl (C=O) groups excluding carboxylic acids is 4. The topological polar surface area (TPSA) is 290 Å². The summed E-state index contributed by atoms with van der Waals surface area (Å²) in [5.74, 6) is -3.16. The van der Waals surface area contributed by atoms with E-state index >= 15 is 0 Å². The summed E-state index contributed by atoms with van der Waals surface area (Å²) in [6.07, 6.45) is 4.24. The van der Waals surface area contributed by atoms with E-state index in [9.17, 15) is 55.3 Å². The van der Waals surface area contributed by atoms with Gasteiger partial charge in [-0.05, 0) is 96.1 Å². The smallest absolute Gasteiger partial charge is 0.506 e. The van der Waals surface area contributed by atoms with Crippen LogP contribution in [0.4, 0.5) is 22.7 Å². The van der Waals surface area contributed by atoms with Crippen molar-refractivity contribution in [1.82, 2.24) is 0 Å². The molecule has 0 heterocycles. The number of ketones is 2. The third kappa shape index (κ3) is 11.5. The number of nitrogens with zero attached hydrogens (tertiary/aromatic N) is 2. The molecule has 61 heavy (non-hydrogen) atoms. The zero-order valence-corrected chi connectivity index (χ0v) is 35.0. The summed E-state index contributed by atoms with van der Waals surface area (Å²) in [6.45, 7) is 6.67. The molecule has 18 nitrogen and oxygen atoms in total. The second-order valence-electron chi connectivity index (χ2n) is 12.1. The van der Waals surface area contributed by atoms with Crippen molar-refractivity contribution in [3.63, 3.8) is 0 Å². The second-order valence-corrected chi connectivity index (χ2v) is 15.7. The summed E-state index contributed by atoms with van der Waals surface area (Å²) in [6, 6.07) is 16.4. The molecular formula is C38H31Cl2CrN6O12S2+3. The molecule has 0 saturated heterocycles. The van der Waals surface area contributed by atoms with Gasteiger partial charge in [0.25, 0.3) is 20.2 Å². The van der Waals surface area contributed by atoms with Gasteiger partial charge in [0.1, 0.15) is 21.3 Å². The number of hydrogen-bond donors (Lipinski definition) is 8. The molecule has 0 fully saturated rings. The Morgan fingerprint density at radius 3 is 1.31 bits per heavy atom. The molecule has 314 valence electrons. The number of rotatable bonds is 10. The van der Waals surface area contributed by atoms with Crippen LogP contribution in [0.5, 0.6) is 11.5 Å². The van der Waals surface area contributed by atoms with Gasteiger partial charge in [-0.3, -0.25) is 39.1 Å². The second kappa shape index (κ2) is 19.3. The molecule has 2 aliphatic rings. The molecule has 0 saturated carbocycles. The maximum Gasteiger partial charge on any atom is 1.00 e. The summed E-state index contributed by atoms with van der Waals surface area (Å²) >= 11 is 11.7. The third-order valence-corrected chi connectivity index (χ3v) is 10.2. The van der Waals surface area contributed by atoms with E-state index in [0.717, 1.165) is 24.3 Å². The Morgan fingerprint density at radius 2 is 0.984 bits per heavy atom. The number of hydrazone groups is 2. The number of nitrogens with one attached hydrogen (secondary N) is 4. The Balaban J connectivity index is 0.000000602. The zero-order valence-electron chi connectivity index (χ0n) is 33.6. The van der Waals surface area contributed by atoms with Crippen molar-refractivity contribution in [3.05, 3.63) is 140 Å². The largest absolute Gasteiger partial charge is 1.00 e. The molecule has 0 bridgehead atoms. The summed E-state index contributed by atoms with van der Waals surface area (Å²) in [5.41, 5.74) is 4.58. The third-order valence-electron chi connectivity index (χ3n) is 8.02. The van der Waals surface area contributed by atoms with E-state index in [1.54, 1.807) is 0 Å². The van der Waals surface area contributed by atoms with Crippen LogP contribution in [0, 0.1) is 0 Å². The van der Waals surface area contributed by atoms with E-state index < -0.39 is 64.9 Å². The fourth-order valence-electron chi connectivity index (χ4n) is 5.23. The summed E-state index contributed by atoms with van der Waals surface area (Å²) < 4.78 is 66.4. The molecule has 2 amide bonds. The Labute approximate surface area is 371 Å². The molecule has 4 aromatic rings. The number of carbonyl (C=O) groups is 4. The van der Waals surface area contributed by atoms with E-state index in [-0.39, 0.29) is 88.2 Å². The van der Waals surface area contributed by atoms with Gasteiger partial charge in [0, 0.05) is 49.9 Å². The minimum Gasteiger partial charge on any atom is -0.506 e. The fourth-order valence-corrected chi connectivity index (χ4v) is 6.89. The number of hydrogen-bond acceptors (Lipinski definition) is 14. The van der Waals surface area contributed by atoms with E-state index in [0.29, 0.717) is 0 Å². The van der Waals surface area contributed by atoms with Crippen molar-refractivity contribution in [2.45, 2.75) is 0 Å². The van der Waals surface area contributed by atoms with Gasteiger partial charge in [-0.15, -0.1) is 0 Å². The number of aromatic hydroxyl groups is 2. The number of phenolic OH excluding ortho intramolecular Hbond substituents is 2. The molecule has 8 N–H and O–H groups in total. The first kappa shape index (κ1) is 47.3. The van der Waals surface area contributed by atoms with Crippen LogP contribution in [-0.2, 0) is 47.2 Å². The standard InChI is InChI=1S/2C19H14ClN3O6S.Cr/c2*1-2-17(25)21-12-5-3-10-7-16(30(27,28)29)18(19(26)13(10)9-12)23-22-14-8-11(20)4-6-15(14)24;/h2*2-9,22,24H,1H2,(H,21,25)(H,27,28,29);/p+3/b2*23-18-;. The van der Waals surface area contributed by atoms with Gasteiger partial charge < -0.3 is 20.8 Å². The van der Waals surface area contributed by atoms with Crippen LogP contribution >= 0.6 is 23.2 Å². The van der Waals surface area contributed by atoms with E-state index in [1.807, 2.05) is 0 Å². The molecular weight excluding hydrogens is 919 g/mol. The molecule has 0 aromatic heterocycles. The predicted octanol–water partition coefficient (Wildman–Crippen LogP) is 6.46. The Bertz CT molecular complexity index is 2720. The van der Waals surface area contributed by atoms with Crippen LogP contribution in [0.25, 0.3) is 12.2 Å². The quantitative estimate of drug-likeness (QED) is 0.0367. The normalized spacial score (nSPS) is 14.4. The van der Waals surface area contributed by atoms with Crippen LogP contribution in [0.3, 0.4) is 0 Å². The molecule has 0 spiro atoms. The van der Waals surface area contributed by atoms with Crippen molar-refractivity contribution in [2.75, 3.05) is 21.5 Å². The van der Waals surface area contributed by atoms with Gasteiger partial charge in [-0.25, -0.2) is 0 Å². The van der Waals surface area contributed by atoms with Crippen molar-refractivity contribution in [2.24, 2.45) is 10.2 Å². The summed E-state index contributed by atoms with van der Waals surface area (Å²) in [7, 11) is -9.62. The maximum absolute atomic E-state index is 12.9.